The third-order valence-corrected chi connectivity index (χ3v) is 3.52. The maximum Gasteiger partial charge on any atom is 0.158 e. The fraction of sp³-hybridized carbons (Fsp3) is 0.133. The van der Waals surface area contributed by atoms with Gasteiger partial charge in [0.15, 0.2) is 5.82 Å². The van der Waals surface area contributed by atoms with Crippen LogP contribution in [0.2, 0.25) is 0 Å². The van der Waals surface area contributed by atoms with E-state index in [4.69, 9.17) is 0 Å². The molecule has 3 aromatic rings. The molecule has 98 valence electrons. The van der Waals surface area contributed by atoms with Gasteiger partial charge in [-0.05, 0) is 31.2 Å². The molecule has 0 bridgehead atoms. The predicted molar refractivity (Wildman–Crippen MR) is 77.3 cm³/mol. The van der Waals surface area contributed by atoms with Crippen molar-refractivity contribution in [2.24, 2.45) is 0 Å². The zero-order valence-corrected chi connectivity index (χ0v) is 11.1. The second kappa shape index (κ2) is 4.16. The Kier molecular flexibility index (Phi) is 2.32. The van der Waals surface area contributed by atoms with Crippen LogP contribution in [-0.4, -0.2) is 26.1 Å². The Hall–Kier alpha value is -2.69. The minimum absolute atomic E-state index is 0.804. The van der Waals surface area contributed by atoms with Crippen molar-refractivity contribution in [1.82, 2.24) is 19.5 Å². The molecule has 0 aromatic carbocycles. The minimum atomic E-state index is 0.804. The van der Waals surface area contributed by atoms with Gasteiger partial charge in [-0.1, -0.05) is 0 Å². The molecule has 0 unspecified atom stereocenters. The Morgan fingerprint density at radius 2 is 1.75 bits per heavy atom. The van der Waals surface area contributed by atoms with Crippen LogP contribution in [0.1, 0.15) is 6.92 Å². The molecular formula is C15H13N5. The first-order chi connectivity index (χ1) is 9.90. The van der Waals surface area contributed by atoms with Crippen molar-refractivity contribution in [3.63, 3.8) is 0 Å². The Labute approximate surface area is 116 Å². The number of nitrogens with zero attached hydrogens (tertiary/aromatic N) is 5. The standard InChI is InChI=1S/C15H13N5/c1-2-19-13-11(5-3-7-16-13)14-18-9-10-20(14)12-6-4-8-17-15(12)19/h3-10H,2H2,1H3. The molecule has 0 spiro atoms. The highest BCUT2D eigenvalue weighted by Crippen LogP contribution is 2.39. The summed E-state index contributed by atoms with van der Waals surface area (Å²) in [7, 11) is 0. The number of aromatic nitrogens is 4. The molecule has 0 atom stereocenters. The molecule has 0 radical (unpaired) electrons. The molecule has 4 heterocycles. The molecular weight excluding hydrogens is 250 g/mol. The van der Waals surface area contributed by atoms with Crippen LogP contribution in [0, 0.1) is 0 Å². The van der Waals surface area contributed by atoms with Crippen LogP contribution in [0.25, 0.3) is 17.1 Å². The van der Waals surface area contributed by atoms with Crippen molar-refractivity contribution in [3.8, 4) is 17.1 Å². The Balaban J connectivity index is 2.14. The lowest BCUT2D eigenvalue weighted by Gasteiger charge is -2.22. The van der Waals surface area contributed by atoms with Gasteiger partial charge in [0.1, 0.15) is 11.6 Å². The summed E-state index contributed by atoms with van der Waals surface area (Å²) in [5.41, 5.74) is 2.05. The van der Waals surface area contributed by atoms with E-state index in [0.717, 1.165) is 35.3 Å². The predicted octanol–water partition coefficient (Wildman–Crippen LogP) is 2.80. The van der Waals surface area contributed by atoms with Gasteiger partial charge in [0.05, 0.1) is 11.3 Å². The van der Waals surface area contributed by atoms with Crippen LogP contribution in [0.5, 0.6) is 0 Å². The number of hydrogen-bond donors (Lipinski definition) is 0. The summed E-state index contributed by atoms with van der Waals surface area (Å²) in [4.78, 5) is 15.7. The molecule has 5 heteroatoms. The van der Waals surface area contributed by atoms with Crippen molar-refractivity contribution in [2.45, 2.75) is 6.92 Å². The lowest BCUT2D eigenvalue weighted by Crippen LogP contribution is -2.19. The molecule has 0 amide bonds. The van der Waals surface area contributed by atoms with Gasteiger partial charge in [0.2, 0.25) is 0 Å². The first-order valence-corrected chi connectivity index (χ1v) is 6.62. The van der Waals surface area contributed by atoms with Crippen LogP contribution in [0.15, 0.2) is 49.1 Å². The lowest BCUT2D eigenvalue weighted by molar-refractivity contribution is 0.955. The molecule has 4 rings (SSSR count). The molecule has 0 aliphatic carbocycles. The fourth-order valence-corrected chi connectivity index (χ4v) is 2.67. The van der Waals surface area contributed by atoms with Crippen molar-refractivity contribution in [3.05, 3.63) is 49.1 Å². The quantitative estimate of drug-likeness (QED) is 0.677. The first-order valence-electron chi connectivity index (χ1n) is 6.62. The van der Waals surface area contributed by atoms with E-state index in [0.29, 0.717) is 0 Å². The third-order valence-electron chi connectivity index (χ3n) is 3.52. The zero-order chi connectivity index (χ0) is 13.5. The first kappa shape index (κ1) is 11.2. The van der Waals surface area contributed by atoms with Gasteiger partial charge in [-0.2, -0.15) is 0 Å². The molecule has 0 fully saturated rings. The van der Waals surface area contributed by atoms with E-state index in [2.05, 4.69) is 43.5 Å². The fourth-order valence-electron chi connectivity index (χ4n) is 2.67. The van der Waals surface area contributed by atoms with Crippen molar-refractivity contribution >= 4 is 11.6 Å². The molecule has 0 N–H and O–H groups in total. The molecule has 5 nitrogen and oxygen atoms in total. The summed E-state index contributed by atoms with van der Waals surface area (Å²) in [5, 5.41) is 0. The van der Waals surface area contributed by atoms with Crippen molar-refractivity contribution in [2.75, 3.05) is 11.4 Å². The van der Waals surface area contributed by atoms with Gasteiger partial charge >= 0.3 is 0 Å². The highest BCUT2D eigenvalue weighted by Gasteiger charge is 2.25. The monoisotopic (exact) mass is 263 g/mol. The summed E-state index contributed by atoms with van der Waals surface area (Å²) < 4.78 is 2.07. The summed E-state index contributed by atoms with van der Waals surface area (Å²) in [6, 6.07) is 7.99. The van der Waals surface area contributed by atoms with E-state index in [1.54, 1.807) is 0 Å². The summed E-state index contributed by atoms with van der Waals surface area (Å²) in [6.45, 7) is 2.91. The van der Waals surface area contributed by atoms with E-state index in [1.807, 2.05) is 36.9 Å². The van der Waals surface area contributed by atoms with Crippen molar-refractivity contribution < 1.29 is 0 Å². The Morgan fingerprint density at radius 3 is 2.60 bits per heavy atom. The van der Waals surface area contributed by atoms with Gasteiger partial charge in [0, 0.05) is 31.3 Å². The molecule has 3 aromatic heterocycles. The van der Waals surface area contributed by atoms with Gasteiger partial charge in [-0.15, -0.1) is 0 Å². The highest BCUT2D eigenvalue weighted by molar-refractivity contribution is 5.82. The molecule has 1 aliphatic heterocycles. The number of hydrogen-bond acceptors (Lipinski definition) is 4. The molecule has 20 heavy (non-hydrogen) atoms. The second-order valence-corrected chi connectivity index (χ2v) is 4.59. The van der Waals surface area contributed by atoms with E-state index in [1.165, 1.54) is 0 Å². The molecule has 1 aliphatic rings. The van der Waals surface area contributed by atoms with E-state index in [9.17, 15) is 0 Å². The van der Waals surface area contributed by atoms with Crippen LogP contribution >= 0.6 is 0 Å². The number of imidazole rings is 1. The maximum atomic E-state index is 4.55. The molecule has 0 saturated carbocycles. The maximum absolute atomic E-state index is 4.55. The number of fused-ring (bicyclic) bond motifs is 5. The van der Waals surface area contributed by atoms with Gasteiger partial charge in [-0.25, -0.2) is 15.0 Å². The number of pyridine rings is 2. The SMILES string of the molecule is CCN1c2ncccc2-c2nccn2-c2cccnc21. The van der Waals surface area contributed by atoms with Crippen LogP contribution < -0.4 is 4.90 Å². The number of anilines is 2. The van der Waals surface area contributed by atoms with Crippen molar-refractivity contribution in [1.29, 1.82) is 0 Å². The zero-order valence-electron chi connectivity index (χ0n) is 11.1. The lowest BCUT2D eigenvalue weighted by atomic mass is 10.2. The number of rotatable bonds is 1. The largest absolute Gasteiger partial charge is 0.309 e. The summed E-state index contributed by atoms with van der Waals surface area (Å²) in [6.07, 6.45) is 7.39. The second-order valence-electron chi connectivity index (χ2n) is 4.59. The average Bonchev–Trinajstić information content (AvgIpc) is 2.95. The topological polar surface area (TPSA) is 46.8 Å². The highest BCUT2D eigenvalue weighted by atomic mass is 15.3. The van der Waals surface area contributed by atoms with Gasteiger partial charge in [0.25, 0.3) is 0 Å². The van der Waals surface area contributed by atoms with Crippen LogP contribution in [0.3, 0.4) is 0 Å². The van der Waals surface area contributed by atoms with Gasteiger partial charge in [-0.3, -0.25) is 4.57 Å². The normalized spacial score (nSPS) is 12.3. The Bertz CT molecular complexity index is 715. The average molecular weight is 263 g/mol. The summed E-state index contributed by atoms with van der Waals surface area (Å²) >= 11 is 0. The van der Waals surface area contributed by atoms with E-state index >= 15 is 0 Å². The van der Waals surface area contributed by atoms with Crippen LogP contribution in [-0.2, 0) is 0 Å². The Morgan fingerprint density at radius 1 is 0.950 bits per heavy atom. The van der Waals surface area contributed by atoms with Crippen LogP contribution in [0.4, 0.5) is 11.6 Å². The third kappa shape index (κ3) is 1.40. The van der Waals surface area contributed by atoms with Gasteiger partial charge < -0.3 is 4.90 Å². The molecule has 0 saturated heterocycles. The van der Waals surface area contributed by atoms with E-state index < -0.39 is 0 Å². The minimum Gasteiger partial charge on any atom is -0.309 e. The summed E-state index contributed by atoms with van der Waals surface area (Å²) in [5.74, 6) is 2.71. The smallest absolute Gasteiger partial charge is 0.158 e. The van der Waals surface area contributed by atoms with E-state index in [-0.39, 0.29) is 0 Å².